The van der Waals surface area contributed by atoms with Crippen molar-refractivity contribution in [2.45, 2.75) is 44.7 Å². The summed E-state index contributed by atoms with van der Waals surface area (Å²) >= 11 is 1.34. The van der Waals surface area contributed by atoms with E-state index in [0.29, 0.717) is 16.5 Å². The largest absolute Gasteiger partial charge is 0.469 e. The van der Waals surface area contributed by atoms with Gasteiger partial charge >= 0.3 is 6.61 Å². The quantitative estimate of drug-likeness (QED) is 0.233. The molecule has 1 aromatic carbocycles. The van der Waals surface area contributed by atoms with E-state index in [1.165, 1.54) is 23.9 Å². The Morgan fingerprint density at radius 1 is 1.12 bits per heavy atom. The van der Waals surface area contributed by atoms with Crippen LogP contribution in [0.5, 0.6) is 5.75 Å². The molecule has 0 bridgehead atoms. The van der Waals surface area contributed by atoms with E-state index in [1.54, 1.807) is 18.4 Å². The van der Waals surface area contributed by atoms with Gasteiger partial charge in [0.15, 0.2) is 16.8 Å². The molecule has 0 fully saturated rings. The van der Waals surface area contributed by atoms with E-state index in [-0.39, 0.29) is 11.5 Å². The summed E-state index contributed by atoms with van der Waals surface area (Å²) < 4.78 is 38.4. The highest BCUT2D eigenvalue weighted by Crippen LogP contribution is 2.31. The normalized spacial score (nSPS) is 12.4. The number of hydrogen-bond acceptors (Lipinski definition) is 6. The lowest BCUT2D eigenvalue weighted by molar-refractivity contribution is -0.0498. The van der Waals surface area contributed by atoms with Crippen molar-refractivity contribution in [3.8, 4) is 22.8 Å². The molecule has 0 saturated carbocycles. The van der Waals surface area contributed by atoms with Crippen molar-refractivity contribution in [2.24, 2.45) is 7.05 Å². The molecule has 0 amide bonds. The Morgan fingerprint density at radius 3 is 2.44 bits per heavy atom. The lowest BCUT2D eigenvalue weighted by atomic mass is 10.1. The molecule has 3 heterocycles. The molecule has 1 unspecified atom stereocenters. The first-order valence-corrected chi connectivity index (χ1v) is 11.4. The summed E-state index contributed by atoms with van der Waals surface area (Å²) in [7, 11) is 1.86. The number of nitrogens with zero attached hydrogens (tertiary/aromatic N) is 4. The van der Waals surface area contributed by atoms with Gasteiger partial charge in [-0.3, -0.25) is 4.79 Å². The number of furan rings is 1. The summed E-state index contributed by atoms with van der Waals surface area (Å²) in [4.78, 5) is 13.3. The van der Waals surface area contributed by atoms with Crippen LogP contribution in [0.3, 0.4) is 0 Å². The van der Waals surface area contributed by atoms with Crippen LogP contribution >= 0.6 is 11.8 Å². The van der Waals surface area contributed by atoms with Gasteiger partial charge in [0.1, 0.15) is 11.5 Å². The maximum atomic E-state index is 13.3. The standard InChI is InChI=1S/C24H24F2N4O3S/c1-13-12-20(14(2)30(13)17-6-8-18(9-7-17)33-23(25)26)21(31)16(4)34-24-28-27-22(29(24)5)19-10-11-32-15(19)3/h6-12,16,23H,1-5H3. The average molecular weight is 487 g/mol. The third kappa shape index (κ3) is 4.50. The smallest absolute Gasteiger partial charge is 0.387 e. The molecule has 4 aromatic rings. The molecule has 0 radical (unpaired) electrons. The monoisotopic (exact) mass is 486 g/mol. The molecule has 178 valence electrons. The van der Waals surface area contributed by atoms with Crippen LogP contribution in [0.4, 0.5) is 8.78 Å². The summed E-state index contributed by atoms with van der Waals surface area (Å²) in [6.07, 6.45) is 1.60. The molecule has 0 aliphatic carbocycles. The zero-order valence-corrected chi connectivity index (χ0v) is 20.2. The number of aryl methyl sites for hydroxylation is 2. The second-order valence-corrected chi connectivity index (χ2v) is 9.18. The van der Waals surface area contributed by atoms with Crippen LogP contribution in [0, 0.1) is 20.8 Å². The number of ketones is 1. The molecular weight excluding hydrogens is 462 g/mol. The predicted octanol–water partition coefficient (Wildman–Crippen LogP) is 5.76. The van der Waals surface area contributed by atoms with Crippen molar-refractivity contribution in [2.75, 3.05) is 0 Å². The molecule has 0 aliphatic rings. The molecule has 0 spiro atoms. The van der Waals surface area contributed by atoms with Gasteiger partial charge in [-0.05, 0) is 64.1 Å². The van der Waals surface area contributed by atoms with E-state index in [9.17, 15) is 13.6 Å². The molecule has 0 aliphatic heterocycles. The van der Waals surface area contributed by atoms with E-state index < -0.39 is 11.9 Å². The molecule has 0 saturated heterocycles. The van der Waals surface area contributed by atoms with Crippen molar-refractivity contribution in [3.63, 3.8) is 0 Å². The van der Waals surface area contributed by atoms with Crippen LogP contribution in [0.1, 0.15) is 34.4 Å². The fourth-order valence-electron chi connectivity index (χ4n) is 3.89. The summed E-state index contributed by atoms with van der Waals surface area (Å²) in [5, 5.41) is 8.75. The number of Topliss-reactive ketones (excluding diaryl/α,β-unsaturated/α-hetero) is 1. The van der Waals surface area contributed by atoms with E-state index >= 15 is 0 Å². The molecule has 7 nitrogen and oxygen atoms in total. The van der Waals surface area contributed by atoms with Crippen LogP contribution in [-0.2, 0) is 7.05 Å². The highest BCUT2D eigenvalue weighted by atomic mass is 32.2. The SMILES string of the molecule is Cc1occc1-c1nnc(SC(C)C(=O)c2cc(C)n(-c3ccc(OC(F)F)cc3)c2C)n1C. The molecule has 4 rings (SSSR count). The highest BCUT2D eigenvalue weighted by Gasteiger charge is 2.25. The van der Waals surface area contributed by atoms with Crippen molar-refractivity contribution >= 4 is 17.5 Å². The minimum Gasteiger partial charge on any atom is -0.469 e. The molecule has 3 aromatic heterocycles. The number of ether oxygens (including phenoxy) is 1. The van der Waals surface area contributed by atoms with E-state index in [4.69, 9.17) is 4.42 Å². The maximum absolute atomic E-state index is 13.3. The first-order chi connectivity index (χ1) is 16.2. The van der Waals surface area contributed by atoms with Gasteiger partial charge in [-0.25, -0.2) is 0 Å². The Hall–Kier alpha value is -3.40. The summed E-state index contributed by atoms with van der Waals surface area (Å²) in [5.41, 5.74) is 3.83. The zero-order valence-electron chi connectivity index (χ0n) is 19.4. The Labute approximate surface area is 199 Å². The lowest BCUT2D eigenvalue weighted by Gasteiger charge is -2.13. The Balaban J connectivity index is 1.55. The maximum Gasteiger partial charge on any atom is 0.387 e. The van der Waals surface area contributed by atoms with Crippen LogP contribution in [0.2, 0.25) is 0 Å². The van der Waals surface area contributed by atoms with Gasteiger partial charge in [-0.1, -0.05) is 11.8 Å². The lowest BCUT2D eigenvalue weighted by Crippen LogP contribution is -2.15. The van der Waals surface area contributed by atoms with E-state index in [2.05, 4.69) is 14.9 Å². The van der Waals surface area contributed by atoms with Crippen molar-refractivity contribution in [1.29, 1.82) is 0 Å². The van der Waals surface area contributed by atoms with Crippen LogP contribution in [-0.4, -0.2) is 37.0 Å². The molecule has 0 N–H and O–H groups in total. The number of thioether (sulfide) groups is 1. The second-order valence-electron chi connectivity index (χ2n) is 7.87. The van der Waals surface area contributed by atoms with E-state index in [1.807, 2.05) is 56.0 Å². The zero-order chi connectivity index (χ0) is 24.6. The van der Waals surface area contributed by atoms with Crippen LogP contribution in [0.25, 0.3) is 17.1 Å². The number of benzene rings is 1. The number of rotatable bonds is 8. The molecule has 10 heteroatoms. The first kappa shape index (κ1) is 23.7. The van der Waals surface area contributed by atoms with Gasteiger partial charge in [-0.15, -0.1) is 10.2 Å². The van der Waals surface area contributed by atoms with Crippen LogP contribution in [0.15, 0.2) is 52.2 Å². The number of aromatic nitrogens is 4. The minimum absolute atomic E-state index is 0.0361. The third-order valence-corrected chi connectivity index (χ3v) is 6.74. The Kier molecular flexibility index (Phi) is 6.60. The average Bonchev–Trinajstić information content (AvgIpc) is 3.45. The predicted molar refractivity (Wildman–Crippen MR) is 125 cm³/mol. The fourth-order valence-corrected chi connectivity index (χ4v) is 4.77. The third-order valence-electron chi connectivity index (χ3n) is 5.60. The van der Waals surface area contributed by atoms with Crippen molar-refractivity contribution < 1.29 is 22.7 Å². The van der Waals surface area contributed by atoms with Gasteiger partial charge < -0.3 is 18.3 Å². The van der Waals surface area contributed by atoms with Gasteiger partial charge in [0.25, 0.3) is 0 Å². The fraction of sp³-hybridized carbons (Fsp3) is 0.292. The molecular formula is C24H24F2N4O3S. The Bertz CT molecular complexity index is 1320. The van der Waals surface area contributed by atoms with Crippen molar-refractivity contribution in [1.82, 2.24) is 19.3 Å². The minimum atomic E-state index is -2.88. The number of alkyl halides is 2. The number of hydrogen-bond donors (Lipinski definition) is 0. The van der Waals surface area contributed by atoms with Crippen LogP contribution < -0.4 is 4.74 Å². The van der Waals surface area contributed by atoms with E-state index in [0.717, 1.165) is 28.4 Å². The molecule has 1 atom stereocenters. The summed E-state index contributed by atoms with van der Waals surface area (Å²) in [6.45, 7) is 4.58. The summed E-state index contributed by atoms with van der Waals surface area (Å²) in [6, 6.07) is 10.0. The number of halogens is 2. The number of carbonyl (C=O) groups excluding carboxylic acids is 1. The van der Waals surface area contributed by atoms with Gasteiger partial charge in [0.2, 0.25) is 0 Å². The highest BCUT2D eigenvalue weighted by molar-refractivity contribution is 8.00. The number of carbonyl (C=O) groups is 1. The first-order valence-electron chi connectivity index (χ1n) is 10.6. The topological polar surface area (TPSA) is 75.1 Å². The van der Waals surface area contributed by atoms with Gasteiger partial charge in [-0.2, -0.15) is 8.78 Å². The van der Waals surface area contributed by atoms with Gasteiger partial charge in [0, 0.05) is 29.7 Å². The summed E-state index contributed by atoms with van der Waals surface area (Å²) in [5.74, 6) is 1.46. The van der Waals surface area contributed by atoms with Crippen molar-refractivity contribution in [3.05, 3.63) is 65.4 Å². The molecule has 34 heavy (non-hydrogen) atoms. The Morgan fingerprint density at radius 2 is 1.82 bits per heavy atom. The second kappa shape index (κ2) is 9.46. The van der Waals surface area contributed by atoms with Gasteiger partial charge in [0.05, 0.1) is 17.1 Å².